The lowest BCUT2D eigenvalue weighted by Gasteiger charge is -2.25. The number of esters is 1. The summed E-state index contributed by atoms with van der Waals surface area (Å²) in [5.74, 6) is -0.302. The molecule has 4 N–H and O–H groups in total. The van der Waals surface area contributed by atoms with Gasteiger partial charge in [-0.3, -0.25) is 10.5 Å². The van der Waals surface area contributed by atoms with Crippen molar-refractivity contribution in [1.82, 2.24) is 10.4 Å². The molecule has 0 saturated carbocycles. The summed E-state index contributed by atoms with van der Waals surface area (Å²) in [6.07, 6.45) is 6.91. The van der Waals surface area contributed by atoms with E-state index in [4.69, 9.17) is 10.1 Å². The van der Waals surface area contributed by atoms with E-state index in [1.54, 1.807) is 25.3 Å². The van der Waals surface area contributed by atoms with E-state index in [9.17, 15) is 10.0 Å². The van der Waals surface area contributed by atoms with E-state index >= 15 is 0 Å². The third-order valence-corrected chi connectivity index (χ3v) is 3.46. The Morgan fingerprint density at radius 2 is 2.12 bits per heavy atom. The zero-order valence-electron chi connectivity index (χ0n) is 14.7. The molecule has 136 valence electrons. The molecule has 1 aromatic rings. The van der Waals surface area contributed by atoms with Gasteiger partial charge in [-0.2, -0.15) is 0 Å². The van der Waals surface area contributed by atoms with Crippen molar-refractivity contribution >= 4 is 18.4 Å². The van der Waals surface area contributed by atoms with Crippen LogP contribution in [0.15, 0.2) is 42.6 Å². The van der Waals surface area contributed by atoms with Crippen molar-refractivity contribution in [2.45, 2.75) is 20.0 Å². The minimum atomic E-state index is -0.302. The summed E-state index contributed by atoms with van der Waals surface area (Å²) in [4.78, 5) is 11.7. The Balaban J connectivity index is 0.00000151. The highest BCUT2D eigenvalue weighted by atomic mass is 16.5. The van der Waals surface area contributed by atoms with E-state index < -0.39 is 0 Å². The fraction of sp³-hybridized carbons (Fsp3) is 0.333. The van der Waals surface area contributed by atoms with Crippen LogP contribution < -0.4 is 10.6 Å². The fourth-order valence-electron chi connectivity index (χ4n) is 2.27. The van der Waals surface area contributed by atoms with Gasteiger partial charge in [-0.1, -0.05) is 6.08 Å². The second-order valence-electron chi connectivity index (χ2n) is 5.18. The van der Waals surface area contributed by atoms with Crippen LogP contribution in [0.3, 0.4) is 0 Å². The lowest BCUT2D eigenvalue weighted by atomic mass is 10.1. The molecule has 7 nitrogen and oxygen atoms in total. The number of allylic oxidation sites excluding steroid dienone is 2. The molecule has 0 bridgehead atoms. The number of nitrogens with zero attached hydrogens (tertiary/aromatic N) is 1. The zero-order chi connectivity index (χ0) is 18.7. The van der Waals surface area contributed by atoms with Crippen LogP contribution in [0.4, 0.5) is 5.69 Å². The Bertz CT molecular complexity index is 616. The normalized spacial score (nSPS) is 15.3. The molecular formula is C18H26N4O3. The number of hydrogen-bond donors (Lipinski definition) is 4. The number of hydroxylamine groups is 2. The van der Waals surface area contributed by atoms with Crippen molar-refractivity contribution in [3.05, 3.63) is 53.8 Å². The third-order valence-electron chi connectivity index (χ3n) is 3.46. The van der Waals surface area contributed by atoms with Crippen LogP contribution in [-0.2, 0) is 4.74 Å². The number of carbonyl (C=O) groups excluding carboxylic acids is 1. The minimum Gasteiger partial charge on any atom is -0.462 e. The van der Waals surface area contributed by atoms with Crippen molar-refractivity contribution in [2.75, 3.05) is 25.0 Å². The maximum Gasteiger partial charge on any atom is 0.338 e. The number of hydrogen-bond acceptors (Lipinski definition) is 7. The lowest BCUT2D eigenvalue weighted by molar-refractivity contribution is -0.0746. The Morgan fingerprint density at radius 3 is 2.76 bits per heavy atom. The van der Waals surface area contributed by atoms with Gasteiger partial charge in [0.1, 0.15) is 6.17 Å². The number of aryl methyl sites for hydroxylation is 1. The summed E-state index contributed by atoms with van der Waals surface area (Å²) in [6, 6.07) is 5.45. The Labute approximate surface area is 148 Å². The lowest BCUT2D eigenvalue weighted by Crippen LogP contribution is -2.42. The second-order valence-corrected chi connectivity index (χ2v) is 5.18. The van der Waals surface area contributed by atoms with Crippen molar-refractivity contribution in [3.8, 4) is 0 Å². The summed E-state index contributed by atoms with van der Waals surface area (Å²) < 4.78 is 4.99. The highest BCUT2D eigenvalue weighted by molar-refractivity contribution is 5.90. The van der Waals surface area contributed by atoms with Crippen molar-refractivity contribution in [3.63, 3.8) is 0 Å². The molecule has 0 fully saturated rings. The highest BCUT2D eigenvalue weighted by Crippen LogP contribution is 2.17. The van der Waals surface area contributed by atoms with Crippen LogP contribution in [0.5, 0.6) is 0 Å². The molecule has 1 aliphatic heterocycles. The van der Waals surface area contributed by atoms with Gasteiger partial charge >= 0.3 is 5.97 Å². The molecular weight excluding hydrogens is 320 g/mol. The van der Waals surface area contributed by atoms with Gasteiger partial charge in [-0.25, -0.2) is 9.86 Å². The van der Waals surface area contributed by atoms with Gasteiger partial charge in [-0.05, 0) is 56.5 Å². The van der Waals surface area contributed by atoms with E-state index in [0.717, 1.165) is 16.3 Å². The van der Waals surface area contributed by atoms with Gasteiger partial charge in [0.15, 0.2) is 0 Å². The molecule has 0 radical (unpaired) electrons. The van der Waals surface area contributed by atoms with Crippen LogP contribution in [0.25, 0.3) is 0 Å². The second kappa shape index (κ2) is 11.0. The SMILES string of the molecule is C=N.CCOC(=O)c1ccc(NCCNC2C=CC=CN2O)c(C)c1. The first kappa shape index (κ1) is 20.4. The van der Waals surface area contributed by atoms with Crippen LogP contribution in [0.1, 0.15) is 22.8 Å². The van der Waals surface area contributed by atoms with E-state index in [2.05, 4.69) is 17.4 Å². The largest absolute Gasteiger partial charge is 0.462 e. The Hall–Kier alpha value is -2.64. The van der Waals surface area contributed by atoms with E-state index in [1.807, 2.05) is 31.2 Å². The molecule has 1 unspecified atom stereocenters. The molecule has 7 heteroatoms. The maximum atomic E-state index is 11.7. The number of ether oxygens (including phenoxy) is 1. The molecule has 0 aliphatic carbocycles. The van der Waals surface area contributed by atoms with Gasteiger partial charge in [-0.15, -0.1) is 0 Å². The van der Waals surface area contributed by atoms with Crippen molar-refractivity contribution in [1.29, 1.82) is 5.41 Å². The molecule has 0 aromatic heterocycles. The summed E-state index contributed by atoms with van der Waals surface area (Å²) in [7, 11) is 0. The summed E-state index contributed by atoms with van der Waals surface area (Å²) in [5.41, 5.74) is 2.52. The van der Waals surface area contributed by atoms with Crippen LogP contribution >= 0.6 is 0 Å². The van der Waals surface area contributed by atoms with E-state index in [1.165, 1.54) is 0 Å². The highest BCUT2D eigenvalue weighted by Gasteiger charge is 2.11. The minimum absolute atomic E-state index is 0.214. The van der Waals surface area contributed by atoms with Gasteiger partial charge < -0.3 is 15.5 Å². The summed E-state index contributed by atoms with van der Waals surface area (Å²) in [6.45, 7) is 7.98. The molecule has 1 heterocycles. The molecule has 25 heavy (non-hydrogen) atoms. The first-order valence-corrected chi connectivity index (χ1v) is 8.04. The average Bonchev–Trinajstić information content (AvgIpc) is 2.63. The number of nitrogens with one attached hydrogen (secondary N) is 3. The van der Waals surface area contributed by atoms with Crippen molar-refractivity contribution < 1.29 is 14.7 Å². The number of carbonyl (C=O) groups is 1. The molecule has 1 atom stereocenters. The van der Waals surface area contributed by atoms with Gasteiger partial charge in [0.2, 0.25) is 0 Å². The molecule has 2 rings (SSSR count). The standard InChI is InChI=1S/C17H23N3O3.CH3N/c1-3-23-17(21)14-7-8-15(13(2)12-14)18-9-10-19-16-6-4-5-11-20(16)22;1-2/h4-8,11-12,16,18-19,22H,3,9-10H2,1-2H3;2H,1H2. The molecule has 0 spiro atoms. The number of benzene rings is 1. The predicted molar refractivity (Wildman–Crippen MR) is 99.2 cm³/mol. The smallest absolute Gasteiger partial charge is 0.338 e. The van der Waals surface area contributed by atoms with Gasteiger partial charge in [0, 0.05) is 25.0 Å². The number of anilines is 1. The molecule has 1 aromatic carbocycles. The quantitative estimate of drug-likeness (QED) is 0.344. The van der Waals surface area contributed by atoms with Gasteiger partial charge in [0.25, 0.3) is 0 Å². The van der Waals surface area contributed by atoms with Gasteiger partial charge in [0.05, 0.1) is 12.2 Å². The Kier molecular flexibility index (Phi) is 8.99. The van der Waals surface area contributed by atoms with E-state index in [0.29, 0.717) is 25.3 Å². The van der Waals surface area contributed by atoms with Crippen LogP contribution in [-0.4, -0.2) is 48.8 Å². The molecule has 0 amide bonds. The number of rotatable bonds is 7. The fourth-order valence-corrected chi connectivity index (χ4v) is 2.27. The van der Waals surface area contributed by atoms with E-state index in [-0.39, 0.29) is 12.1 Å². The molecule has 0 saturated heterocycles. The zero-order valence-corrected chi connectivity index (χ0v) is 14.7. The monoisotopic (exact) mass is 346 g/mol. The summed E-state index contributed by atoms with van der Waals surface area (Å²) >= 11 is 0. The summed E-state index contributed by atoms with van der Waals surface area (Å²) in [5, 5.41) is 22.8. The first-order chi connectivity index (χ1) is 12.1. The average molecular weight is 346 g/mol. The molecule has 1 aliphatic rings. The third kappa shape index (κ3) is 6.40. The van der Waals surface area contributed by atoms with Crippen LogP contribution in [0.2, 0.25) is 0 Å². The van der Waals surface area contributed by atoms with Crippen LogP contribution in [0, 0.1) is 12.3 Å². The first-order valence-electron chi connectivity index (χ1n) is 8.04. The Morgan fingerprint density at radius 1 is 1.36 bits per heavy atom. The van der Waals surface area contributed by atoms with Crippen molar-refractivity contribution in [2.24, 2.45) is 0 Å². The predicted octanol–water partition coefficient (Wildman–Crippen LogP) is 2.54. The topological polar surface area (TPSA) is 97.7 Å². The maximum absolute atomic E-state index is 11.7.